The van der Waals surface area contributed by atoms with Crippen molar-refractivity contribution in [2.45, 2.75) is 25.9 Å². The third-order valence-corrected chi connectivity index (χ3v) is 4.26. The molecule has 1 fully saturated rings. The summed E-state index contributed by atoms with van der Waals surface area (Å²) in [7, 11) is 1.95. The van der Waals surface area contributed by atoms with Gasteiger partial charge in [-0.3, -0.25) is 0 Å². The van der Waals surface area contributed by atoms with Crippen LogP contribution in [-0.2, 0) is 11.8 Å². The van der Waals surface area contributed by atoms with Crippen LogP contribution in [0.2, 0.25) is 0 Å². The minimum Gasteiger partial charge on any atom is -0.377 e. The molecule has 0 aliphatic carbocycles. The highest BCUT2D eigenvalue weighted by Crippen LogP contribution is 2.21. The number of carbonyl (C=O) groups excluding carboxylic acids is 1. The van der Waals surface area contributed by atoms with Gasteiger partial charge in [0, 0.05) is 50.4 Å². The van der Waals surface area contributed by atoms with Crippen LogP contribution in [0.5, 0.6) is 0 Å². The van der Waals surface area contributed by atoms with E-state index in [1.54, 1.807) is 6.20 Å². The van der Waals surface area contributed by atoms with Gasteiger partial charge in [0.1, 0.15) is 5.82 Å². The molecule has 2 heterocycles. The van der Waals surface area contributed by atoms with Crippen molar-refractivity contribution >= 4 is 11.7 Å². The Morgan fingerprint density at radius 1 is 1.46 bits per heavy atom. The Morgan fingerprint density at radius 2 is 2.33 bits per heavy atom. The molecule has 1 aliphatic rings. The van der Waals surface area contributed by atoms with Gasteiger partial charge in [-0.1, -0.05) is 12.1 Å². The lowest BCUT2D eigenvalue weighted by Gasteiger charge is -2.32. The Bertz CT molecular complexity index is 696. The van der Waals surface area contributed by atoms with Crippen LogP contribution in [0.1, 0.15) is 19.8 Å². The monoisotopic (exact) mass is 328 g/mol. The number of likely N-dealkylation sites (tertiary alicyclic amines) is 1. The fourth-order valence-electron chi connectivity index (χ4n) is 3.08. The van der Waals surface area contributed by atoms with E-state index in [1.807, 2.05) is 53.9 Å². The molecular weight excluding hydrogens is 304 g/mol. The maximum atomic E-state index is 12.5. The van der Waals surface area contributed by atoms with Crippen LogP contribution >= 0.6 is 0 Å². The second-order valence-electron chi connectivity index (χ2n) is 6.04. The molecule has 1 saturated heterocycles. The molecule has 2 amide bonds. The Hall–Kier alpha value is -2.34. The molecule has 3 rings (SSSR count). The SMILES string of the molecule is CCO[C@H]1CCCN(C(=O)Nc2cccc(-c3nccn3C)c2)C1. The topological polar surface area (TPSA) is 59.4 Å². The zero-order valence-electron chi connectivity index (χ0n) is 14.2. The summed E-state index contributed by atoms with van der Waals surface area (Å²) in [5.41, 5.74) is 1.75. The number of nitrogens with one attached hydrogen (secondary N) is 1. The summed E-state index contributed by atoms with van der Waals surface area (Å²) in [6, 6.07) is 7.69. The number of aryl methyl sites for hydroxylation is 1. The van der Waals surface area contributed by atoms with E-state index in [1.165, 1.54) is 0 Å². The fourth-order valence-corrected chi connectivity index (χ4v) is 3.08. The van der Waals surface area contributed by atoms with Crippen LogP contribution in [0.3, 0.4) is 0 Å². The van der Waals surface area contributed by atoms with E-state index in [2.05, 4.69) is 10.3 Å². The van der Waals surface area contributed by atoms with Crippen LogP contribution < -0.4 is 5.32 Å². The minimum absolute atomic E-state index is 0.0728. The van der Waals surface area contributed by atoms with E-state index in [0.29, 0.717) is 13.2 Å². The number of aromatic nitrogens is 2. The molecule has 1 aliphatic heterocycles. The van der Waals surface area contributed by atoms with Crippen LogP contribution in [-0.4, -0.2) is 46.3 Å². The van der Waals surface area contributed by atoms with Crippen molar-refractivity contribution < 1.29 is 9.53 Å². The average Bonchev–Trinajstić information content (AvgIpc) is 3.02. The van der Waals surface area contributed by atoms with Crippen LogP contribution in [0, 0.1) is 0 Å². The number of benzene rings is 1. The molecule has 24 heavy (non-hydrogen) atoms. The van der Waals surface area contributed by atoms with E-state index in [4.69, 9.17) is 4.74 Å². The van der Waals surface area contributed by atoms with Gasteiger partial charge in [-0.15, -0.1) is 0 Å². The molecule has 0 spiro atoms. The zero-order valence-corrected chi connectivity index (χ0v) is 14.2. The number of rotatable bonds is 4. The molecule has 6 nitrogen and oxygen atoms in total. The number of imidazole rings is 1. The van der Waals surface area contributed by atoms with Crippen LogP contribution in [0.25, 0.3) is 11.4 Å². The van der Waals surface area contributed by atoms with Crippen LogP contribution in [0.4, 0.5) is 10.5 Å². The molecule has 1 N–H and O–H groups in total. The smallest absolute Gasteiger partial charge is 0.321 e. The van der Waals surface area contributed by atoms with E-state index in [0.717, 1.165) is 36.5 Å². The largest absolute Gasteiger partial charge is 0.377 e. The molecule has 0 radical (unpaired) electrons. The molecular formula is C18H24N4O2. The lowest BCUT2D eigenvalue weighted by atomic mass is 10.1. The number of hydrogen-bond donors (Lipinski definition) is 1. The standard InChI is InChI=1S/C18H24N4O2/c1-3-24-16-8-5-10-22(13-16)18(23)20-15-7-4-6-14(12-15)17-19-9-11-21(17)2/h4,6-7,9,11-12,16H,3,5,8,10,13H2,1-2H3,(H,20,23)/t16-/m0/s1. The summed E-state index contributed by atoms with van der Waals surface area (Å²) in [4.78, 5) is 18.7. The third kappa shape index (κ3) is 3.76. The van der Waals surface area contributed by atoms with Gasteiger partial charge in [-0.05, 0) is 31.9 Å². The molecule has 6 heteroatoms. The molecule has 1 aromatic heterocycles. The molecule has 0 saturated carbocycles. The van der Waals surface area contributed by atoms with Crippen molar-refractivity contribution in [3.8, 4) is 11.4 Å². The molecule has 2 aromatic rings. The Morgan fingerprint density at radius 3 is 3.08 bits per heavy atom. The van der Waals surface area contributed by atoms with Gasteiger partial charge in [0.25, 0.3) is 0 Å². The number of ether oxygens (including phenoxy) is 1. The van der Waals surface area contributed by atoms with Gasteiger partial charge in [-0.2, -0.15) is 0 Å². The minimum atomic E-state index is -0.0728. The highest BCUT2D eigenvalue weighted by atomic mass is 16.5. The first-order chi connectivity index (χ1) is 11.7. The maximum Gasteiger partial charge on any atom is 0.321 e. The Kier molecular flexibility index (Phi) is 5.15. The highest BCUT2D eigenvalue weighted by molar-refractivity contribution is 5.90. The number of urea groups is 1. The van der Waals surface area contributed by atoms with Crippen molar-refractivity contribution in [3.05, 3.63) is 36.7 Å². The lowest BCUT2D eigenvalue weighted by molar-refractivity contribution is 0.0181. The summed E-state index contributed by atoms with van der Waals surface area (Å²) >= 11 is 0. The van der Waals surface area contributed by atoms with Gasteiger partial charge in [0.15, 0.2) is 0 Å². The predicted molar refractivity (Wildman–Crippen MR) is 93.9 cm³/mol. The summed E-state index contributed by atoms with van der Waals surface area (Å²) in [6.07, 6.45) is 5.82. The van der Waals surface area contributed by atoms with Crippen molar-refractivity contribution in [2.24, 2.45) is 7.05 Å². The first kappa shape index (κ1) is 16.5. The van der Waals surface area contributed by atoms with Crippen molar-refractivity contribution in [1.29, 1.82) is 0 Å². The number of hydrogen-bond acceptors (Lipinski definition) is 3. The summed E-state index contributed by atoms with van der Waals surface area (Å²) in [5, 5.41) is 2.99. The van der Waals surface area contributed by atoms with E-state index >= 15 is 0 Å². The Labute approximate surface area is 142 Å². The fraction of sp³-hybridized carbons (Fsp3) is 0.444. The molecule has 0 bridgehead atoms. The van der Waals surface area contributed by atoms with E-state index in [9.17, 15) is 4.79 Å². The van der Waals surface area contributed by atoms with E-state index in [-0.39, 0.29) is 12.1 Å². The quantitative estimate of drug-likeness (QED) is 0.938. The van der Waals surface area contributed by atoms with Crippen molar-refractivity contribution in [1.82, 2.24) is 14.5 Å². The summed E-state index contributed by atoms with van der Waals surface area (Å²) in [6.45, 7) is 4.10. The Balaban J connectivity index is 1.67. The number of piperidine rings is 1. The van der Waals surface area contributed by atoms with Crippen LogP contribution in [0.15, 0.2) is 36.7 Å². The van der Waals surface area contributed by atoms with Gasteiger partial charge < -0.3 is 19.5 Å². The molecule has 0 unspecified atom stereocenters. The number of anilines is 1. The first-order valence-electron chi connectivity index (χ1n) is 8.42. The number of carbonyl (C=O) groups is 1. The molecule has 128 valence electrons. The summed E-state index contributed by atoms with van der Waals surface area (Å²) in [5.74, 6) is 0.875. The second-order valence-corrected chi connectivity index (χ2v) is 6.04. The third-order valence-electron chi connectivity index (χ3n) is 4.26. The first-order valence-corrected chi connectivity index (χ1v) is 8.42. The average molecular weight is 328 g/mol. The second kappa shape index (κ2) is 7.49. The van der Waals surface area contributed by atoms with Gasteiger partial charge in [-0.25, -0.2) is 9.78 Å². The van der Waals surface area contributed by atoms with E-state index < -0.39 is 0 Å². The van der Waals surface area contributed by atoms with Gasteiger partial charge in [0.05, 0.1) is 6.10 Å². The summed E-state index contributed by atoms with van der Waals surface area (Å²) < 4.78 is 7.62. The predicted octanol–water partition coefficient (Wildman–Crippen LogP) is 3.12. The number of amides is 2. The molecule has 1 atom stereocenters. The normalized spacial score (nSPS) is 17.8. The highest BCUT2D eigenvalue weighted by Gasteiger charge is 2.23. The zero-order chi connectivity index (χ0) is 16.9. The maximum absolute atomic E-state index is 12.5. The number of nitrogens with zero attached hydrogens (tertiary/aromatic N) is 3. The van der Waals surface area contributed by atoms with Gasteiger partial charge >= 0.3 is 6.03 Å². The van der Waals surface area contributed by atoms with Crippen molar-refractivity contribution in [2.75, 3.05) is 25.0 Å². The van der Waals surface area contributed by atoms with Gasteiger partial charge in [0.2, 0.25) is 0 Å². The lowest BCUT2D eigenvalue weighted by Crippen LogP contribution is -2.45. The molecule has 1 aromatic carbocycles. The van der Waals surface area contributed by atoms with Crippen molar-refractivity contribution in [3.63, 3.8) is 0 Å².